The molecule has 1 aliphatic heterocycles. The summed E-state index contributed by atoms with van der Waals surface area (Å²) < 4.78 is 0. The van der Waals surface area contributed by atoms with Gasteiger partial charge in [0, 0.05) is 25.3 Å². The van der Waals surface area contributed by atoms with E-state index >= 15 is 0 Å². The molecular formula is C16H28N4. The fourth-order valence-electron chi connectivity index (χ4n) is 2.78. The number of hydrogen-bond donors (Lipinski definition) is 1. The Bertz CT molecular complexity index is 394. The highest BCUT2D eigenvalue weighted by atomic mass is 15.2. The highest BCUT2D eigenvalue weighted by Crippen LogP contribution is 2.14. The minimum atomic E-state index is 0.826. The summed E-state index contributed by atoms with van der Waals surface area (Å²) in [5.74, 6) is 1.13. The van der Waals surface area contributed by atoms with E-state index in [-0.39, 0.29) is 0 Å². The number of aryl methyl sites for hydroxylation is 1. The number of anilines is 1. The normalized spacial score (nSPS) is 17.2. The van der Waals surface area contributed by atoms with Gasteiger partial charge in [0.25, 0.3) is 0 Å². The summed E-state index contributed by atoms with van der Waals surface area (Å²) in [5, 5.41) is 0. The van der Waals surface area contributed by atoms with Crippen LogP contribution in [0.1, 0.15) is 31.4 Å². The zero-order valence-corrected chi connectivity index (χ0v) is 12.7. The minimum absolute atomic E-state index is 0.826. The van der Waals surface area contributed by atoms with E-state index in [1.54, 1.807) is 0 Å². The smallest absolute Gasteiger partial charge is 0.128 e. The van der Waals surface area contributed by atoms with Crippen molar-refractivity contribution in [2.24, 2.45) is 5.73 Å². The van der Waals surface area contributed by atoms with Gasteiger partial charge >= 0.3 is 0 Å². The largest absolute Gasteiger partial charge is 0.355 e. The molecule has 2 N–H and O–H groups in total. The first-order valence-corrected chi connectivity index (χ1v) is 7.90. The maximum atomic E-state index is 5.54. The average molecular weight is 276 g/mol. The van der Waals surface area contributed by atoms with E-state index in [1.165, 1.54) is 32.4 Å². The summed E-state index contributed by atoms with van der Waals surface area (Å²) in [5.41, 5.74) is 6.64. The van der Waals surface area contributed by atoms with Crippen LogP contribution in [0.5, 0.6) is 0 Å². The number of unbranched alkanes of at least 4 members (excludes halogenated alkanes) is 2. The van der Waals surface area contributed by atoms with E-state index in [1.807, 2.05) is 0 Å². The predicted molar refractivity (Wildman–Crippen MR) is 85.1 cm³/mol. The molecule has 1 aliphatic rings. The average Bonchev–Trinajstić information content (AvgIpc) is 2.69. The monoisotopic (exact) mass is 276 g/mol. The standard InChI is InChI=1S/C16H28N4/c1-15-7-5-8-16(18-15)20-12-6-11-19(13-14-20)10-4-2-3-9-17/h5,7-8H,2-4,6,9-14,17H2,1H3. The molecule has 0 unspecified atom stereocenters. The maximum Gasteiger partial charge on any atom is 0.128 e. The van der Waals surface area contributed by atoms with Crippen LogP contribution in [0, 0.1) is 6.92 Å². The molecule has 1 saturated heterocycles. The molecule has 20 heavy (non-hydrogen) atoms. The first-order valence-electron chi connectivity index (χ1n) is 7.90. The number of nitrogens with zero attached hydrogens (tertiary/aromatic N) is 3. The van der Waals surface area contributed by atoms with Crippen molar-refractivity contribution in [1.82, 2.24) is 9.88 Å². The number of nitrogens with two attached hydrogens (primary N) is 1. The van der Waals surface area contributed by atoms with Crippen LogP contribution in [0.2, 0.25) is 0 Å². The Hall–Kier alpha value is -1.13. The van der Waals surface area contributed by atoms with Gasteiger partial charge in [-0.25, -0.2) is 4.98 Å². The number of aromatic nitrogens is 1. The van der Waals surface area contributed by atoms with Crippen molar-refractivity contribution in [2.75, 3.05) is 44.2 Å². The van der Waals surface area contributed by atoms with E-state index in [2.05, 4.69) is 39.9 Å². The third-order valence-electron chi connectivity index (χ3n) is 3.96. The Kier molecular flexibility index (Phi) is 6.27. The molecule has 4 heteroatoms. The van der Waals surface area contributed by atoms with Gasteiger partial charge in [-0.3, -0.25) is 0 Å². The summed E-state index contributed by atoms with van der Waals surface area (Å²) in [4.78, 5) is 9.66. The molecular weight excluding hydrogens is 248 g/mol. The third-order valence-corrected chi connectivity index (χ3v) is 3.96. The van der Waals surface area contributed by atoms with Gasteiger partial charge in [0.15, 0.2) is 0 Å². The lowest BCUT2D eigenvalue weighted by Crippen LogP contribution is -2.31. The Morgan fingerprint density at radius 3 is 2.80 bits per heavy atom. The molecule has 112 valence electrons. The van der Waals surface area contributed by atoms with Crippen molar-refractivity contribution >= 4 is 5.82 Å². The lowest BCUT2D eigenvalue weighted by molar-refractivity contribution is 0.286. The van der Waals surface area contributed by atoms with Crippen LogP contribution in [0.15, 0.2) is 18.2 Å². The molecule has 0 saturated carbocycles. The van der Waals surface area contributed by atoms with Crippen LogP contribution in [0.25, 0.3) is 0 Å². The predicted octanol–water partition coefficient (Wildman–Crippen LogP) is 2.03. The van der Waals surface area contributed by atoms with Crippen molar-refractivity contribution in [3.05, 3.63) is 23.9 Å². The quantitative estimate of drug-likeness (QED) is 0.808. The third kappa shape index (κ3) is 4.76. The Labute approximate surface area is 123 Å². The molecule has 2 rings (SSSR count). The van der Waals surface area contributed by atoms with E-state index < -0.39 is 0 Å². The molecule has 1 fully saturated rings. The van der Waals surface area contributed by atoms with E-state index in [0.717, 1.165) is 44.1 Å². The van der Waals surface area contributed by atoms with Crippen molar-refractivity contribution in [3.63, 3.8) is 0 Å². The molecule has 0 bridgehead atoms. The molecule has 0 radical (unpaired) electrons. The van der Waals surface area contributed by atoms with Gasteiger partial charge in [-0.1, -0.05) is 12.5 Å². The van der Waals surface area contributed by atoms with Crippen molar-refractivity contribution in [3.8, 4) is 0 Å². The SMILES string of the molecule is Cc1cccc(N2CCCN(CCCCCN)CC2)n1. The lowest BCUT2D eigenvalue weighted by atomic mass is 10.2. The van der Waals surface area contributed by atoms with E-state index in [9.17, 15) is 0 Å². The van der Waals surface area contributed by atoms with Crippen molar-refractivity contribution in [1.29, 1.82) is 0 Å². The summed E-state index contributed by atoms with van der Waals surface area (Å²) in [6, 6.07) is 6.29. The minimum Gasteiger partial charge on any atom is -0.355 e. The molecule has 0 aliphatic carbocycles. The fourth-order valence-corrected chi connectivity index (χ4v) is 2.78. The number of pyridine rings is 1. The molecule has 1 aromatic heterocycles. The van der Waals surface area contributed by atoms with Gasteiger partial charge < -0.3 is 15.5 Å². The van der Waals surface area contributed by atoms with Gasteiger partial charge in [0.1, 0.15) is 5.82 Å². The number of hydrogen-bond acceptors (Lipinski definition) is 4. The summed E-state index contributed by atoms with van der Waals surface area (Å²) in [7, 11) is 0. The molecule has 0 amide bonds. The van der Waals surface area contributed by atoms with Gasteiger partial charge in [0.2, 0.25) is 0 Å². The molecule has 0 spiro atoms. The van der Waals surface area contributed by atoms with Crippen LogP contribution in [-0.2, 0) is 0 Å². The van der Waals surface area contributed by atoms with Crippen LogP contribution in [0.3, 0.4) is 0 Å². The van der Waals surface area contributed by atoms with Gasteiger partial charge in [-0.2, -0.15) is 0 Å². The van der Waals surface area contributed by atoms with Gasteiger partial charge in [-0.05, 0) is 58.0 Å². The summed E-state index contributed by atoms with van der Waals surface area (Å²) >= 11 is 0. The van der Waals surface area contributed by atoms with Crippen molar-refractivity contribution in [2.45, 2.75) is 32.6 Å². The van der Waals surface area contributed by atoms with Crippen LogP contribution >= 0.6 is 0 Å². The topological polar surface area (TPSA) is 45.4 Å². The Morgan fingerprint density at radius 2 is 2.00 bits per heavy atom. The highest BCUT2D eigenvalue weighted by Gasteiger charge is 2.15. The van der Waals surface area contributed by atoms with Gasteiger partial charge in [0.05, 0.1) is 0 Å². The second-order valence-corrected chi connectivity index (χ2v) is 5.67. The summed E-state index contributed by atoms with van der Waals surface area (Å²) in [6.45, 7) is 8.68. The van der Waals surface area contributed by atoms with Crippen LogP contribution < -0.4 is 10.6 Å². The molecule has 4 nitrogen and oxygen atoms in total. The second kappa shape index (κ2) is 8.22. The lowest BCUT2D eigenvalue weighted by Gasteiger charge is -2.23. The Morgan fingerprint density at radius 1 is 1.10 bits per heavy atom. The van der Waals surface area contributed by atoms with E-state index in [0.29, 0.717) is 0 Å². The molecule has 1 aromatic rings. The number of rotatable bonds is 6. The first-order chi connectivity index (χ1) is 9.79. The molecule has 0 aromatic carbocycles. The zero-order chi connectivity index (χ0) is 14.2. The van der Waals surface area contributed by atoms with E-state index in [4.69, 9.17) is 5.73 Å². The van der Waals surface area contributed by atoms with Gasteiger partial charge in [-0.15, -0.1) is 0 Å². The first kappa shape index (κ1) is 15.3. The molecule has 0 atom stereocenters. The zero-order valence-electron chi connectivity index (χ0n) is 12.7. The second-order valence-electron chi connectivity index (χ2n) is 5.67. The fraction of sp³-hybridized carbons (Fsp3) is 0.688. The highest BCUT2D eigenvalue weighted by molar-refractivity contribution is 5.39. The maximum absolute atomic E-state index is 5.54. The molecule has 2 heterocycles. The summed E-state index contributed by atoms with van der Waals surface area (Å²) in [6.07, 6.45) is 4.93. The van der Waals surface area contributed by atoms with Crippen LogP contribution in [-0.4, -0.2) is 49.2 Å². The Balaban J connectivity index is 1.80. The van der Waals surface area contributed by atoms with Crippen LogP contribution in [0.4, 0.5) is 5.82 Å². The van der Waals surface area contributed by atoms with Crippen molar-refractivity contribution < 1.29 is 0 Å².